The molecule has 0 aromatic heterocycles. The van der Waals surface area contributed by atoms with Crippen molar-refractivity contribution < 1.29 is 4.79 Å². The normalized spacial score (nSPS) is 22.5. The minimum Gasteiger partial charge on any atom is -0.328 e. The highest BCUT2D eigenvalue weighted by molar-refractivity contribution is 5.96. The van der Waals surface area contributed by atoms with E-state index in [9.17, 15) is 4.79 Å². The van der Waals surface area contributed by atoms with Crippen molar-refractivity contribution in [3.8, 4) is 0 Å². The van der Waals surface area contributed by atoms with E-state index in [1.54, 1.807) is 0 Å². The lowest BCUT2D eigenvalue weighted by atomic mass is 9.80. The Bertz CT molecular complexity index is 588. The zero-order valence-corrected chi connectivity index (χ0v) is 10.1. The summed E-state index contributed by atoms with van der Waals surface area (Å²) in [5, 5.41) is 5.28. The fourth-order valence-electron chi connectivity index (χ4n) is 2.39. The molecule has 3 heteroatoms. The van der Waals surface area contributed by atoms with E-state index < -0.39 is 0 Å². The van der Waals surface area contributed by atoms with E-state index in [-0.39, 0.29) is 17.9 Å². The number of benzene rings is 2. The van der Waals surface area contributed by atoms with Crippen LogP contribution in [0.25, 0.3) is 10.8 Å². The van der Waals surface area contributed by atoms with Crippen LogP contribution >= 0.6 is 0 Å². The number of anilines is 1. The van der Waals surface area contributed by atoms with Crippen LogP contribution in [-0.4, -0.2) is 11.9 Å². The number of amides is 1. The molecule has 1 aliphatic rings. The van der Waals surface area contributed by atoms with Crippen molar-refractivity contribution in [1.82, 2.24) is 0 Å². The number of nitrogens with two attached hydrogens (primary N) is 1. The Labute approximate surface area is 106 Å². The van der Waals surface area contributed by atoms with E-state index >= 15 is 0 Å². The molecule has 3 nitrogen and oxygen atoms in total. The smallest absolute Gasteiger partial charge is 0.227 e. The maximum atomic E-state index is 11.9. The summed E-state index contributed by atoms with van der Waals surface area (Å²) < 4.78 is 0. The van der Waals surface area contributed by atoms with Gasteiger partial charge in [0.05, 0.1) is 0 Å². The predicted octanol–water partition coefficient (Wildman–Crippen LogP) is 2.52. The first-order valence-corrected chi connectivity index (χ1v) is 6.27. The number of fused-ring (bicyclic) bond motifs is 1. The molecule has 3 rings (SSSR count). The van der Waals surface area contributed by atoms with Crippen LogP contribution in [0.4, 0.5) is 5.69 Å². The molecule has 2 aromatic rings. The van der Waals surface area contributed by atoms with E-state index in [2.05, 4.69) is 11.4 Å². The van der Waals surface area contributed by atoms with Crippen molar-refractivity contribution in [1.29, 1.82) is 0 Å². The number of carbonyl (C=O) groups excluding carboxylic acids is 1. The number of rotatable bonds is 2. The molecule has 0 saturated heterocycles. The largest absolute Gasteiger partial charge is 0.328 e. The lowest BCUT2D eigenvalue weighted by Gasteiger charge is -2.31. The zero-order valence-electron chi connectivity index (χ0n) is 10.1. The van der Waals surface area contributed by atoms with Gasteiger partial charge in [0.2, 0.25) is 5.91 Å². The van der Waals surface area contributed by atoms with Crippen LogP contribution in [-0.2, 0) is 4.79 Å². The topological polar surface area (TPSA) is 55.1 Å². The summed E-state index contributed by atoms with van der Waals surface area (Å²) in [4.78, 5) is 11.9. The van der Waals surface area contributed by atoms with Gasteiger partial charge in [-0.15, -0.1) is 0 Å². The maximum Gasteiger partial charge on any atom is 0.227 e. The van der Waals surface area contributed by atoms with Crippen molar-refractivity contribution in [3.63, 3.8) is 0 Å². The van der Waals surface area contributed by atoms with Gasteiger partial charge in [-0.05, 0) is 35.7 Å². The molecule has 18 heavy (non-hydrogen) atoms. The highest BCUT2D eigenvalue weighted by Crippen LogP contribution is 2.27. The second-order valence-electron chi connectivity index (χ2n) is 4.98. The maximum absolute atomic E-state index is 11.9. The fourth-order valence-corrected chi connectivity index (χ4v) is 2.39. The molecule has 0 heterocycles. The van der Waals surface area contributed by atoms with Crippen molar-refractivity contribution in [2.45, 2.75) is 18.9 Å². The molecule has 3 N–H and O–H groups in total. The Balaban J connectivity index is 1.76. The summed E-state index contributed by atoms with van der Waals surface area (Å²) in [6.45, 7) is 0. The summed E-state index contributed by atoms with van der Waals surface area (Å²) in [6.07, 6.45) is 1.61. The van der Waals surface area contributed by atoms with Crippen LogP contribution in [0.1, 0.15) is 12.8 Å². The van der Waals surface area contributed by atoms with E-state index in [1.807, 2.05) is 36.4 Å². The molecule has 0 aliphatic heterocycles. The van der Waals surface area contributed by atoms with Gasteiger partial charge < -0.3 is 11.1 Å². The first kappa shape index (κ1) is 11.2. The van der Waals surface area contributed by atoms with Crippen molar-refractivity contribution in [3.05, 3.63) is 42.5 Å². The van der Waals surface area contributed by atoms with E-state index in [1.165, 1.54) is 5.39 Å². The van der Waals surface area contributed by atoms with Crippen LogP contribution < -0.4 is 11.1 Å². The van der Waals surface area contributed by atoms with Crippen LogP contribution in [0.15, 0.2) is 42.5 Å². The molecule has 1 saturated carbocycles. The third kappa shape index (κ3) is 2.09. The first-order valence-electron chi connectivity index (χ1n) is 6.27. The van der Waals surface area contributed by atoms with Crippen LogP contribution in [0.2, 0.25) is 0 Å². The van der Waals surface area contributed by atoms with Gasteiger partial charge in [-0.2, -0.15) is 0 Å². The van der Waals surface area contributed by atoms with E-state index in [4.69, 9.17) is 5.73 Å². The number of carbonyl (C=O) groups is 1. The number of hydrogen-bond acceptors (Lipinski definition) is 2. The zero-order chi connectivity index (χ0) is 12.5. The lowest BCUT2D eigenvalue weighted by molar-refractivity contribution is -0.122. The van der Waals surface area contributed by atoms with Gasteiger partial charge in [-0.25, -0.2) is 0 Å². The Morgan fingerprint density at radius 3 is 2.56 bits per heavy atom. The SMILES string of the molecule is NC1CC(C(=O)Nc2ccc3ccccc3c2)C1. The lowest BCUT2D eigenvalue weighted by Crippen LogP contribution is -2.42. The highest BCUT2D eigenvalue weighted by atomic mass is 16.1. The van der Waals surface area contributed by atoms with Gasteiger partial charge in [0.15, 0.2) is 0 Å². The molecule has 0 unspecified atom stereocenters. The summed E-state index contributed by atoms with van der Waals surface area (Å²) in [6, 6.07) is 14.3. The van der Waals surface area contributed by atoms with Crippen LogP contribution in [0.3, 0.4) is 0 Å². The third-order valence-electron chi connectivity index (χ3n) is 3.56. The van der Waals surface area contributed by atoms with E-state index in [0.29, 0.717) is 0 Å². The average molecular weight is 240 g/mol. The Hall–Kier alpha value is -1.87. The summed E-state index contributed by atoms with van der Waals surface area (Å²) >= 11 is 0. The highest BCUT2D eigenvalue weighted by Gasteiger charge is 2.31. The number of hydrogen-bond donors (Lipinski definition) is 2. The molecule has 0 radical (unpaired) electrons. The summed E-state index contributed by atoms with van der Waals surface area (Å²) in [7, 11) is 0. The third-order valence-corrected chi connectivity index (χ3v) is 3.56. The van der Waals surface area contributed by atoms with Gasteiger partial charge >= 0.3 is 0 Å². The Kier molecular flexibility index (Phi) is 2.76. The Morgan fingerprint density at radius 2 is 1.83 bits per heavy atom. The van der Waals surface area contributed by atoms with Gasteiger partial charge in [0, 0.05) is 17.6 Å². The second kappa shape index (κ2) is 4.42. The fraction of sp³-hybridized carbons (Fsp3) is 0.267. The monoisotopic (exact) mass is 240 g/mol. The van der Waals surface area contributed by atoms with Gasteiger partial charge in [0.1, 0.15) is 0 Å². The van der Waals surface area contributed by atoms with Crippen molar-refractivity contribution in [2.24, 2.45) is 11.7 Å². The minimum atomic E-state index is 0.0893. The van der Waals surface area contributed by atoms with Gasteiger partial charge in [0.25, 0.3) is 0 Å². The van der Waals surface area contributed by atoms with Crippen molar-refractivity contribution in [2.75, 3.05) is 5.32 Å². The Morgan fingerprint density at radius 1 is 1.11 bits per heavy atom. The quantitative estimate of drug-likeness (QED) is 0.847. The molecule has 0 bridgehead atoms. The van der Waals surface area contributed by atoms with Gasteiger partial charge in [-0.3, -0.25) is 4.79 Å². The molecule has 1 fully saturated rings. The van der Waals surface area contributed by atoms with Crippen LogP contribution in [0.5, 0.6) is 0 Å². The molecular formula is C15H16N2O. The van der Waals surface area contributed by atoms with Crippen molar-refractivity contribution >= 4 is 22.4 Å². The molecule has 0 spiro atoms. The molecule has 1 aliphatic carbocycles. The standard InChI is InChI=1S/C15H16N2O/c16-13-7-12(8-13)15(18)17-14-6-5-10-3-1-2-4-11(10)9-14/h1-6,9,12-13H,7-8,16H2,(H,17,18). The molecule has 2 aromatic carbocycles. The number of nitrogens with one attached hydrogen (secondary N) is 1. The first-order chi connectivity index (χ1) is 8.72. The predicted molar refractivity (Wildman–Crippen MR) is 73.3 cm³/mol. The van der Waals surface area contributed by atoms with Crippen LogP contribution in [0, 0.1) is 5.92 Å². The minimum absolute atomic E-state index is 0.0893. The van der Waals surface area contributed by atoms with E-state index in [0.717, 1.165) is 23.9 Å². The molecule has 1 amide bonds. The average Bonchev–Trinajstić information content (AvgIpc) is 2.35. The molecule has 92 valence electrons. The second-order valence-corrected chi connectivity index (χ2v) is 4.98. The molecule has 0 atom stereocenters. The van der Waals surface area contributed by atoms with Gasteiger partial charge in [-0.1, -0.05) is 30.3 Å². The summed E-state index contributed by atoms with van der Waals surface area (Å²) in [5.74, 6) is 0.179. The summed E-state index contributed by atoms with van der Waals surface area (Å²) in [5.41, 5.74) is 6.55. The molecular weight excluding hydrogens is 224 g/mol.